The van der Waals surface area contributed by atoms with Crippen LogP contribution in [-0.2, 0) is 16.1 Å². The number of rotatable bonds is 4. The summed E-state index contributed by atoms with van der Waals surface area (Å²) < 4.78 is 6.83. The number of carbonyl (C=O) groups is 3. The van der Waals surface area contributed by atoms with E-state index in [9.17, 15) is 14.4 Å². The van der Waals surface area contributed by atoms with Crippen molar-refractivity contribution < 1.29 is 19.1 Å². The standard InChI is InChI=1S/C17H23N5O4/c1-6-22-13-8-7-11(9-12(13)20-21-22)15(24)26-10(2)14(23)18-16(25)19-17(3,4)5/h7-10H,6H2,1-5H3,(H2,18,19,23,25)/t10-/m0/s1. The highest BCUT2D eigenvalue weighted by Gasteiger charge is 2.23. The molecule has 0 saturated heterocycles. The summed E-state index contributed by atoms with van der Waals surface area (Å²) >= 11 is 0. The lowest BCUT2D eigenvalue weighted by Gasteiger charge is -2.21. The Labute approximate surface area is 151 Å². The first-order valence-electron chi connectivity index (χ1n) is 8.28. The minimum Gasteiger partial charge on any atom is -0.449 e. The number of imide groups is 1. The Bertz CT molecular complexity index is 837. The number of nitrogens with one attached hydrogen (secondary N) is 2. The number of ether oxygens (including phenoxy) is 1. The summed E-state index contributed by atoms with van der Waals surface area (Å²) in [7, 11) is 0. The fourth-order valence-electron chi connectivity index (χ4n) is 2.20. The number of carbonyl (C=O) groups excluding carboxylic acids is 3. The highest BCUT2D eigenvalue weighted by Crippen LogP contribution is 2.15. The van der Waals surface area contributed by atoms with Gasteiger partial charge in [-0.3, -0.25) is 10.1 Å². The Balaban J connectivity index is 2.00. The fraction of sp³-hybridized carbons (Fsp3) is 0.471. The Morgan fingerprint density at radius 1 is 1.27 bits per heavy atom. The summed E-state index contributed by atoms with van der Waals surface area (Å²) in [6, 6.07) is 4.20. The van der Waals surface area contributed by atoms with Gasteiger partial charge in [0.25, 0.3) is 5.91 Å². The first kappa shape index (κ1) is 19.4. The largest absolute Gasteiger partial charge is 0.449 e. The van der Waals surface area contributed by atoms with Gasteiger partial charge in [-0.05, 0) is 52.8 Å². The van der Waals surface area contributed by atoms with E-state index < -0.39 is 29.6 Å². The van der Waals surface area contributed by atoms with E-state index >= 15 is 0 Å². The molecule has 0 saturated carbocycles. The normalized spacial score (nSPS) is 12.5. The minimum atomic E-state index is -1.13. The van der Waals surface area contributed by atoms with Gasteiger partial charge in [0.1, 0.15) is 5.52 Å². The molecule has 140 valence electrons. The van der Waals surface area contributed by atoms with Gasteiger partial charge in [-0.2, -0.15) is 0 Å². The van der Waals surface area contributed by atoms with Gasteiger partial charge >= 0.3 is 12.0 Å². The van der Waals surface area contributed by atoms with Crippen LogP contribution in [0.15, 0.2) is 18.2 Å². The van der Waals surface area contributed by atoms with Crippen molar-refractivity contribution in [1.29, 1.82) is 0 Å². The molecular formula is C17H23N5O4. The topological polar surface area (TPSA) is 115 Å². The molecule has 1 aromatic carbocycles. The first-order valence-corrected chi connectivity index (χ1v) is 8.28. The predicted molar refractivity (Wildman–Crippen MR) is 94.5 cm³/mol. The third-order valence-electron chi connectivity index (χ3n) is 3.43. The SMILES string of the molecule is CCn1nnc2cc(C(=O)O[C@@H](C)C(=O)NC(=O)NC(C)(C)C)ccc21. The molecule has 0 aliphatic heterocycles. The second-order valence-electron chi connectivity index (χ2n) is 6.85. The maximum Gasteiger partial charge on any atom is 0.338 e. The van der Waals surface area contributed by atoms with Crippen molar-refractivity contribution in [3.05, 3.63) is 23.8 Å². The molecule has 1 aromatic heterocycles. The zero-order valence-corrected chi connectivity index (χ0v) is 15.5. The van der Waals surface area contributed by atoms with Crippen LogP contribution in [-0.4, -0.2) is 44.5 Å². The van der Waals surface area contributed by atoms with Crippen LogP contribution in [0.1, 0.15) is 45.0 Å². The Morgan fingerprint density at radius 2 is 1.96 bits per heavy atom. The number of hydrogen-bond donors (Lipinski definition) is 2. The Hall–Kier alpha value is -2.97. The predicted octanol–water partition coefficient (Wildman–Crippen LogP) is 1.62. The van der Waals surface area contributed by atoms with Gasteiger partial charge in [0, 0.05) is 12.1 Å². The van der Waals surface area contributed by atoms with Gasteiger partial charge in [-0.25, -0.2) is 14.3 Å². The van der Waals surface area contributed by atoms with Gasteiger partial charge in [0.05, 0.1) is 11.1 Å². The van der Waals surface area contributed by atoms with Gasteiger partial charge in [0.2, 0.25) is 0 Å². The monoisotopic (exact) mass is 361 g/mol. The number of esters is 1. The fourth-order valence-corrected chi connectivity index (χ4v) is 2.20. The summed E-state index contributed by atoms with van der Waals surface area (Å²) in [4.78, 5) is 35.9. The van der Waals surface area contributed by atoms with Crippen LogP contribution < -0.4 is 10.6 Å². The quantitative estimate of drug-likeness (QED) is 0.800. The number of hydrogen-bond acceptors (Lipinski definition) is 6. The molecule has 0 radical (unpaired) electrons. The van der Waals surface area contributed by atoms with Crippen molar-refractivity contribution in [3.8, 4) is 0 Å². The second kappa shape index (κ2) is 7.51. The molecule has 3 amide bonds. The summed E-state index contributed by atoms with van der Waals surface area (Å²) in [6.45, 7) is 9.34. The molecule has 2 aromatic rings. The molecule has 2 rings (SSSR count). The number of fused-ring (bicyclic) bond motifs is 1. The summed E-state index contributed by atoms with van der Waals surface area (Å²) in [5.41, 5.74) is 1.12. The summed E-state index contributed by atoms with van der Waals surface area (Å²) in [6.07, 6.45) is -1.13. The smallest absolute Gasteiger partial charge is 0.338 e. The van der Waals surface area contributed by atoms with Crippen molar-refractivity contribution in [2.75, 3.05) is 0 Å². The molecule has 26 heavy (non-hydrogen) atoms. The van der Waals surface area contributed by atoms with Crippen molar-refractivity contribution >= 4 is 28.9 Å². The van der Waals surface area contributed by atoms with E-state index in [-0.39, 0.29) is 5.56 Å². The Morgan fingerprint density at radius 3 is 2.58 bits per heavy atom. The van der Waals surface area contributed by atoms with Crippen molar-refractivity contribution in [2.24, 2.45) is 0 Å². The zero-order valence-electron chi connectivity index (χ0n) is 15.5. The van der Waals surface area contributed by atoms with Crippen LogP contribution in [0.4, 0.5) is 4.79 Å². The third kappa shape index (κ3) is 4.78. The molecule has 0 bridgehead atoms. The highest BCUT2D eigenvalue weighted by atomic mass is 16.5. The van der Waals surface area contributed by atoms with Crippen LogP contribution in [0.2, 0.25) is 0 Å². The molecule has 0 aliphatic rings. The van der Waals surface area contributed by atoms with E-state index in [0.29, 0.717) is 12.1 Å². The van der Waals surface area contributed by atoms with Gasteiger partial charge in [0.15, 0.2) is 6.10 Å². The molecule has 9 heteroatoms. The molecule has 0 spiro atoms. The minimum absolute atomic E-state index is 0.249. The van der Waals surface area contributed by atoms with Crippen LogP contribution >= 0.6 is 0 Å². The number of aromatic nitrogens is 3. The zero-order chi connectivity index (χ0) is 19.5. The average molecular weight is 361 g/mol. The number of benzene rings is 1. The molecule has 9 nitrogen and oxygen atoms in total. The number of aryl methyl sites for hydroxylation is 1. The summed E-state index contributed by atoms with van der Waals surface area (Å²) in [5, 5.41) is 12.7. The molecule has 2 N–H and O–H groups in total. The van der Waals surface area contributed by atoms with Crippen LogP contribution in [0.3, 0.4) is 0 Å². The van der Waals surface area contributed by atoms with Crippen LogP contribution in [0.25, 0.3) is 11.0 Å². The van der Waals surface area contributed by atoms with Crippen LogP contribution in [0, 0.1) is 0 Å². The second-order valence-corrected chi connectivity index (χ2v) is 6.85. The van der Waals surface area contributed by atoms with Crippen molar-refractivity contribution in [2.45, 2.75) is 52.8 Å². The molecule has 0 aliphatic carbocycles. The number of amides is 3. The summed E-state index contributed by atoms with van der Waals surface area (Å²) in [5.74, 6) is -1.39. The van der Waals surface area contributed by atoms with Gasteiger partial charge in [-0.15, -0.1) is 5.10 Å². The van der Waals surface area contributed by atoms with Crippen molar-refractivity contribution in [1.82, 2.24) is 25.6 Å². The van der Waals surface area contributed by atoms with E-state index in [0.717, 1.165) is 5.52 Å². The van der Waals surface area contributed by atoms with E-state index in [2.05, 4.69) is 20.9 Å². The lowest BCUT2D eigenvalue weighted by molar-refractivity contribution is -0.127. The molecule has 1 atom stereocenters. The Kier molecular flexibility index (Phi) is 5.59. The van der Waals surface area contributed by atoms with Crippen molar-refractivity contribution in [3.63, 3.8) is 0 Å². The lowest BCUT2D eigenvalue weighted by Crippen LogP contribution is -2.50. The van der Waals surface area contributed by atoms with E-state index in [1.165, 1.54) is 6.92 Å². The lowest BCUT2D eigenvalue weighted by atomic mass is 10.1. The van der Waals surface area contributed by atoms with E-state index in [4.69, 9.17) is 4.74 Å². The first-order chi connectivity index (χ1) is 12.1. The molecule has 1 heterocycles. The van der Waals surface area contributed by atoms with Gasteiger partial charge < -0.3 is 10.1 Å². The third-order valence-corrected chi connectivity index (χ3v) is 3.43. The molecule has 0 fully saturated rings. The maximum absolute atomic E-state index is 12.2. The number of urea groups is 1. The molecule has 0 unspecified atom stereocenters. The number of nitrogens with zero attached hydrogens (tertiary/aromatic N) is 3. The maximum atomic E-state index is 12.2. The van der Waals surface area contributed by atoms with E-state index in [1.807, 2.05) is 6.92 Å². The highest BCUT2D eigenvalue weighted by molar-refractivity contribution is 5.99. The van der Waals surface area contributed by atoms with E-state index in [1.54, 1.807) is 43.7 Å². The van der Waals surface area contributed by atoms with Crippen LogP contribution in [0.5, 0.6) is 0 Å². The molecular weight excluding hydrogens is 338 g/mol. The van der Waals surface area contributed by atoms with Gasteiger partial charge in [-0.1, -0.05) is 5.21 Å². The average Bonchev–Trinajstić information content (AvgIpc) is 2.94.